The van der Waals surface area contributed by atoms with E-state index < -0.39 is 0 Å². The Labute approximate surface area is 82.3 Å². The lowest BCUT2D eigenvalue weighted by Gasteiger charge is -2.05. The average molecular weight is 197 g/mol. The first-order chi connectivity index (χ1) is 5.75. The molecular formula is C9H11NS2. The normalized spacial score (nSPS) is 9.75. The molecule has 1 rings (SSSR count). The largest absolute Gasteiger partial charge is 0.389 e. The summed E-state index contributed by atoms with van der Waals surface area (Å²) in [5.41, 5.74) is 7.79. The third-order valence-electron chi connectivity index (χ3n) is 1.58. The zero-order chi connectivity index (χ0) is 8.97. The van der Waals surface area contributed by atoms with Crippen LogP contribution in [0.5, 0.6) is 0 Å². The lowest BCUT2D eigenvalue weighted by Crippen LogP contribution is -2.11. The fourth-order valence-electron chi connectivity index (χ4n) is 1.04. The van der Waals surface area contributed by atoms with Crippen LogP contribution in [0.4, 0.5) is 0 Å². The summed E-state index contributed by atoms with van der Waals surface area (Å²) in [6.45, 7) is 0. The van der Waals surface area contributed by atoms with Crippen LogP contribution in [-0.2, 0) is 5.75 Å². The Balaban J connectivity index is 3.00. The van der Waals surface area contributed by atoms with Crippen LogP contribution >= 0.6 is 24.0 Å². The van der Waals surface area contributed by atoms with Crippen LogP contribution in [0.15, 0.2) is 24.3 Å². The molecule has 1 nitrogen and oxygen atoms in total. The maximum atomic E-state index is 5.57. The number of rotatable bonds is 3. The van der Waals surface area contributed by atoms with Gasteiger partial charge < -0.3 is 5.73 Å². The molecule has 0 saturated heterocycles. The number of benzene rings is 1. The second kappa shape index (κ2) is 4.48. The smallest absolute Gasteiger partial charge is 0.104 e. The fourth-order valence-corrected chi connectivity index (χ4v) is 1.80. The highest BCUT2D eigenvalue weighted by molar-refractivity contribution is 7.97. The first-order valence-electron chi connectivity index (χ1n) is 3.62. The van der Waals surface area contributed by atoms with Gasteiger partial charge in [0.1, 0.15) is 4.99 Å². The van der Waals surface area contributed by atoms with Gasteiger partial charge in [-0.2, -0.15) is 11.8 Å². The first kappa shape index (κ1) is 9.55. The highest BCUT2D eigenvalue weighted by Gasteiger charge is 2.01. The van der Waals surface area contributed by atoms with E-state index in [0.29, 0.717) is 4.99 Å². The Morgan fingerprint density at radius 1 is 1.50 bits per heavy atom. The Morgan fingerprint density at radius 2 is 2.17 bits per heavy atom. The average Bonchev–Trinajstić information content (AvgIpc) is 2.05. The van der Waals surface area contributed by atoms with Crippen molar-refractivity contribution in [3.05, 3.63) is 35.4 Å². The molecule has 12 heavy (non-hydrogen) atoms. The van der Waals surface area contributed by atoms with E-state index in [1.165, 1.54) is 5.56 Å². The number of nitrogens with two attached hydrogens (primary N) is 1. The first-order valence-corrected chi connectivity index (χ1v) is 5.42. The molecule has 0 heterocycles. The zero-order valence-electron chi connectivity index (χ0n) is 6.91. The highest BCUT2D eigenvalue weighted by atomic mass is 32.2. The molecule has 0 spiro atoms. The van der Waals surface area contributed by atoms with Gasteiger partial charge in [0.05, 0.1) is 0 Å². The molecular weight excluding hydrogens is 186 g/mol. The SMILES string of the molecule is CSCc1ccccc1C(N)=S. The lowest BCUT2D eigenvalue weighted by molar-refractivity contribution is 1.39. The van der Waals surface area contributed by atoms with Gasteiger partial charge in [0.25, 0.3) is 0 Å². The minimum atomic E-state index is 0.486. The molecule has 0 atom stereocenters. The monoisotopic (exact) mass is 197 g/mol. The number of hydrogen-bond donors (Lipinski definition) is 1. The molecule has 0 fully saturated rings. The van der Waals surface area contributed by atoms with Gasteiger partial charge in [-0.15, -0.1) is 0 Å². The molecule has 0 saturated carbocycles. The van der Waals surface area contributed by atoms with Crippen LogP contribution in [0.25, 0.3) is 0 Å². The number of hydrogen-bond acceptors (Lipinski definition) is 2. The maximum absolute atomic E-state index is 5.57. The van der Waals surface area contributed by atoms with Gasteiger partial charge in [0.2, 0.25) is 0 Å². The van der Waals surface area contributed by atoms with Crippen LogP contribution in [-0.4, -0.2) is 11.2 Å². The highest BCUT2D eigenvalue weighted by Crippen LogP contribution is 2.14. The van der Waals surface area contributed by atoms with Crippen LogP contribution < -0.4 is 5.73 Å². The zero-order valence-corrected chi connectivity index (χ0v) is 8.54. The molecule has 1 aromatic carbocycles. The summed E-state index contributed by atoms with van der Waals surface area (Å²) in [5.74, 6) is 0.966. The topological polar surface area (TPSA) is 26.0 Å². The van der Waals surface area contributed by atoms with Crippen molar-refractivity contribution in [3.63, 3.8) is 0 Å². The van der Waals surface area contributed by atoms with Crippen molar-refractivity contribution in [1.29, 1.82) is 0 Å². The molecule has 64 valence electrons. The molecule has 0 aromatic heterocycles. The van der Waals surface area contributed by atoms with Crippen LogP contribution in [0.2, 0.25) is 0 Å². The van der Waals surface area contributed by atoms with Crippen molar-refractivity contribution < 1.29 is 0 Å². The van der Waals surface area contributed by atoms with Gasteiger partial charge in [-0.1, -0.05) is 36.5 Å². The molecule has 0 aliphatic carbocycles. The van der Waals surface area contributed by atoms with E-state index >= 15 is 0 Å². The molecule has 0 amide bonds. The van der Waals surface area contributed by atoms with Crippen molar-refractivity contribution in [2.45, 2.75) is 5.75 Å². The van der Waals surface area contributed by atoms with E-state index in [1.807, 2.05) is 18.2 Å². The Hall–Kier alpha value is -0.540. The molecule has 0 aliphatic rings. The van der Waals surface area contributed by atoms with Crippen molar-refractivity contribution >= 4 is 29.0 Å². The third kappa shape index (κ3) is 2.22. The quantitative estimate of drug-likeness (QED) is 0.752. The number of thiocarbonyl (C=S) groups is 1. The van der Waals surface area contributed by atoms with Crippen molar-refractivity contribution in [3.8, 4) is 0 Å². The molecule has 3 heteroatoms. The summed E-state index contributed by atoms with van der Waals surface area (Å²) >= 11 is 6.70. The van der Waals surface area contributed by atoms with Gasteiger partial charge >= 0.3 is 0 Å². The minimum absolute atomic E-state index is 0.486. The van der Waals surface area contributed by atoms with Crippen LogP contribution in [0, 0.1) is 0 Å². The van der Waals surface area contributed by atoms with Crippen LogP contribution in [0.1, 0.15) is 11.1 Å². The minimum Gasteiger partial charge on any atom is -0.389 e. The van der Waals surface area contributed by atoms with E-state index in [4.69, 9.17) is 18.0 Å². The van der Waals surface area contributed by atoms with Crippen molar-refractivity contribution in [1.82, 2.24) is 0 Å². The van der Waals surface area contributed by atoms with E-state index in [-0.39, 0.29) is 0 Å². The Kier molecular flexibility index (Phi) is 3.56. The van der Waals surface area contributed by atoms with E-state index in [0.717, 1.165) is 11.3 Å². The molecule has 1 aromatic rings. The molecule has 0 aliphatic heterocycles. The Morgan fingerprint density at radius 3 is 2.75 bits per heavy atom. The standard InChI is InChI=1S/C9H11NS2/c1-12-6-7-4-2-3-5-8(7)9(10)11/h2-5H,6H2,1H3,(H2,10,11). The summed E-state index contributed by atoms with van der Waals surface area (Å²) < 4.78 is 0. The Bertz CT molecular complexity index is 284. The van der Waals surface area contributed by atoms with Gasteiger partial charge in [-0.05, 0) is 11.8 Å². The predicted molar refractivity (Wildman–Crippen MR) is 59.5 cm³/mol. The second-order valence-electron chi connectivity index (χ2n) is 2.45. The number of thioether (sulfide) groups is 1. The second-order valence-corrected chi connectivity index (χ2v) is 3.76. The molecule has 2 N–H and O–H groups in total. The van der Waals surface area contributed by atoms with Gasteiger partial charge in [0.15, 0.2) is 0 Å². The van der Waals surface area contributed by atoms with Crippen molar-refractivity contribution in [2.24, 2.45) is 5.73 Å². The predicted octanol–water partition coefficient (Wildman–Crippen LogP) is 2.18. The molecule has 0 unspecified atom stereocenters. The van der Waals surface area contributed by atoms with Crippen LogP contribution in [0.3, 0.4) is 0 Å². The van der Waals surface area contributed by atoms with E-state index in [1.54, 1.807) is 11.8 Å². The van der Waals surface area contributed by atoms with Gasteiger partial charge in [0, 0.05) is 11.3 Å². The van der Waals surface area contributed by atoms with Crippen molar-refractivity contribution in [2.75, 3.05) is 6.26 Å². The fraction of sp³-hybridized carbons (Fsp3) is 0.222. The maximum Gasteiger partial charge on any atom is 0.104 e. The van der Waals surface area contributed by atoms with E-state index in [9.17, 15) is 0 Å². The van der Waals surface area contributed by atoms with E-state index in [2.05, 4.69) is 12.3 Å². The van der Waals surface area contributed by atoms with Gasteiger partial charge in [-0.3, -0.25) is 0 Å². The molecule has 0 bridgehead atoms. The molecule has 0 radical (unpaired) electrons. The van der Waals surface area contributed by atoms with Gasteiger partial charge in [-0.25, -0.2) is 0 Å². The summed E-state index contributed by atoms with van der Waals surface area (Å²) in [6, 6.07) is 7.99. The summed E-state index contributed by atoms with van der Waals surface area (Å²) in [4.78, 5) is 0.486. The summed E-state index contributed by atoms with van der Waals surface area (Å²) in [7, 11) is 0. The third-order valence-corrected chi connectivity index (χ3v) is 2.40. The summed E-state index contributed by atoms with van der Waals surface area (Å²) in [6.07, 6.45) is 2.07. The summed E-state index contributed by atoms with van der Waals surface area (Å²) in [5, 5.41) is 0. The lowest BCUT2D eigenvalue weighted by atomic mass is 10.1.